The average molecular weight is 553 g/mol. The van der Waals surface area contributed by atoms with E-state index in [4.69, 9.17) is 14.4 Å². The molecule has 2 N–H and O–H groups in total. The molecule has 3 heterocycles. The number of benzene rings is 4. The largest absolute Gasteiger partial charge is 0.508 e. The van der Waals surface area contributed by atoms with Gasteiger partial charge in [-0.2, -0.15) is 0 Å². The van der Waals surface area contributed by atoms with E-state index in [1.165, 1.54) is 6.07 Å². The lowest BCUT2D eigenvalue weighted by atomic mass is 10.1. The fraction of sp³-hybridized carbons (Fsp3) is 0.114. The van der Waals surface area contributed by atoms with Gasteiger partial charge in [0.2, 0.25) is 0 Å². The molecular weight excluding hydrogens is 524 g/mol. The van der Waals surface area contributed by atoms with Crippen LogP contribution >= 0.6 is 0 Å². The maximum Gasteiger partial charge on any atom is 0.193 e. The van der Waals surface area contributed by atoms with Gasteiger partial charge in [-0.1, -0.05) is 48.5 Å². The van der Waals surface area contributed by atoms with Gasteiger partial charge in [-0.05, 0) is 69.3 Å². The van der Waals surface area contributed by atoms with Crippen LogP contribution in [0.15, 0.2) is 112 Å². The van der Waals surface area contributed by atoms with Gasteiger partial charge >= 0.3 is 0 Å². The van der Waals surface area contributed by atoms with E-state index in [2.05, 4.69) is 30.5 Å². The lowest BCUT2D eigenvalue weighted by Crippen LogP contribution is -2.27. The summed E-state index contributed by atoms with van der Waals surface area (Å²) in [7, 11) is 0. The summed E-state index contributed by atoms with van der Waals surface area (Å²) in [6.45, 7) is 6.35. The zero-order valence-electron chi connectivity index (χ0n) is 23.4. The Balaban J connectivity index is 1.44. The maximum absolute atomic E-state index is 12.7. The van der Waals surface area contributed by atoms with Crippen LogP contribution in [0.1, 0.15) is 20.8 Å². The van der Waals surface area contributed by atoms with Crippen LogP contribution in [0.5, 0.6) is 5.75 Å². The molecule has 206 valence electrons. The minimum atomic E-state index is -0.262. The molecule has 0 aliphatic carbocycles. The van der Waals surface area contributed by atoms with Crippen LogP contribution in [-0.2, 0) is 0 Å². The van der Waals surface area contributed by atoms with Crippen LogP contribution in [0.2, 0.25) is 0 Å². The van der Waals surface area contributed by atoms with E-state index < -0.39 is 0 Å². The van der Waals surface area contributed by atoms with E-state index >= 15 is 0 Å². The summed E-state index contributed by atoms with van der Waals surface area (Å²) >= 11 is 0. The predicted octanol–water partition coefficient (Wildman–Crippen LogP) is 7.91. The Bertz CT molecular complexity index is 2170. The summed E-state index contributed by atoms with van der Waals surface area (Å²) in [5.41, 5.74) is 6.71. The standard InChI is InChI=1S/C35H28N4O3/c1-35(2,3)38-34-32(22-14-12-21(13-15-22)30-20-28(41)25-8-4-7-11-29(25)42-30)37-33-31(23-16-18-24(40)19-17-23)36-26-9-5-6-10-27(26)39(33)34/h4-20,38,40H,1-3H3. The third kappa shape index (κ3) is 4.45. The molecule has 0 bridgehead atoms. The van der Waals surface area contributed by atoms with Crippen LogP contribution in [0, 0.1) is 0 Å². The first-order valence-corrected chi connectivity index (χ1v) is 13.8. The molecule has 0 saturated heterocycles. The summed E-state index contributed by atoms with van der Waals surface area (Å²) < 4.78 is 8.20. The highest BCUT2D eigenvalue weighted by Crippen LogP contribution is 2.37. The second-order valence-electron chi connectivity index (χ2n) is 11.4. The maximum atomic E-state index is 12.7. The van der Waals surface area contributed by atoms with Crippen LogP contribution in [0.25, 0.3) is 61.5 Å². The first-order valence-electron chi connectivity index (χ1n) is 13.8. The molecule has 0 aliphatic heterocycles. The molecule has 0 saturated carbocycles. The summed E-state index contributed by atoms with van der Waals surface area (Å²) in [6.07, 6.45) is 0. The lowest BCUT2D eigenvalue weighted by Gasteiger charge is -2.23. The number of rotatable bonds is 4. The van der Waals surface area contributed by atoms with Gasteiger partial charge in [0.15, 0.2) is 11.1 Å². The van der Waals surface area contributed by atoms with Crippen LogP contribution in [0.3, 0.4) is 0 Å². The molecule has 7 nitrogen and oxygen atoms in total. The first kappa shape index (κ1) is 25.5. The monoisotopic (exact) mass is 552 g/mol. The third-order valence-corrected chi connectivity index (χ3v) is 7.16. The number of fused-ring (bicyclic) bond motifs is 4. The van der Waals surface area contributed by atoms with E-state index in [1.807, 2.05) is 72.8 Å². The number of para-hydroxylation sites is 3. The Morgan fingerprint density at radius 1 is 0.762 bits per heavy atom. The molecule has 0 atom stereocenters. The number of nitrogens with one attached hydrogen (secondary N) is 1. The molecule has 4 aromatic carbocycles. The summed E-state index contributed by atoms with van der Waals surface area (Å²) in [6, 6.07) is 31.7. The van der Waals surface area contributed by atoms with Gasteiger partial charge in [-0.15, -0.1) is 0 Å². The zero-order chi connectivity index (χ0) is 29.0. The smallest absolute Gasteiger partial charge is 0.193 e. The van der Waals surface area contributed by atoms with E-state index in [0.717, 1.165) is 39.2 Å². The van der Waals surface area contributed by atoms with Gasteiger partial charge in [0.05, 0.1) is 16.4 Å². The lowest BCUT2D eigenvalue weighted by molar-refractivity contribution is 0.475. The highest BCUT2D eigenvalue weighted by molar-refractivity contribution is 5.92. The topological polar surface area (TPSA) is 92.7 Å². The number of aromatic hydroxyl groups is 1. The molecule has 7 aromatic rings. The fourth-order valence-corrected chi connectivity index (χ4v) is 5.26. The second kappa shape index (κ2) is 9.59. The van der Waals surface area contributed by atoms with E-state index in [0.29, 0.717) is 28.1 Å². The summed E-state index contributed by atoms with van der Waals surface area (Å²) in [4.78, 5) is 22.9. The molecule has 0 radical (unpaired) electrons. The number of nitrogens with zero attached hydrogens (tertiary/aromatic N) is 3. The average Bonchev–Trinajstić information content (AvgIpc) is 3.35. The Kier molecular flexibility index (Phi) is 5.83. The molecule has 7 rings (SSSR count). The highest BCUT2D eigenvalue weighted by atomic mass is 16.3. The van der Waals surface area contributed by atoms with Crippen molar-refractivity contribution in [3.8, 4) is 39.6 Å². The van der Waals surface area contributed by atoms with Crippen molar-refractivity contribution in [3.63, 3.8) is 0 Å². The second-order valence-corrected chi connectivity index (χ2v) is 11.4. The van der Waals surface area contributed by atoms with Crippen LogP contribution in [0.4, 0.5) is 5.82 Å². The van der Waals surface area contributed by atoms with Gasteiger partial charge in [0.1, 0.15) is 34.3 Å². The molecule has 0 fully saturated rings. The number of anilines is 1. The van der Waals surface area contributed by atoms with Crippen molar-refractivity contribution in [2.24, 2.45) is 0 Å². The van der Waals surface area contributed by atoms with Crippen molar-refractivity contribution in [1.82, 2.24) is 14.4 Å². The van der Waals surface area contributed by atoms with Gasteiger partial charge in [-0.25, -0.2) is 9.97 Å². The van der Waals surface area contributed by atoms with Crippen LogP contribution in [-0.4, -0.2) is 25.0 Å². The summed E-state index contributed by atoms with van der Waals surface area (Å²) in [5.74, 6) is 1.55. The first-order chi connectivity index (χ1) is 20.2. The van der Waals surface area contributed by atoms with Gasteiger partial charge in [0, 0.05) is 28.3 Å². The summed E-state index contributed by atoms with van der Waals surface area (Å²) in [5, 5.41) is 14.2. The van der Waals surface area contributed by atoms with E-state index in [9.17, 15) is 9.90 Å². The number of hydrogen-bond donors (Lipinski definition) is 2. The van der Waals surface area contributed by atoms with Gasteiger partial charge in [0.25, 0.3) is 0 Å². The Labute approximate surface area is 241 Å². The van der Waals surface area contributed by atoms with Crippen molar-refractivity contribution in [2.75, 3.05) is 5.32 Å². The number of aromatic nitrogens is 3. The molecular formula is C35H28N4O3. The molecule has 0 aliphatic rings. The Morgan fingerprint density at radius 2 is 1.40 bits per heavy atom. The zero-order valence-corrected chi connectivity index (χ0v) is 23.4. The predicted molar refractivity (Wildman–Crippen MR) is 168 cm³/mol. The van der Waals surface area contributed by atoms with Crippen molar-refractivity contribution in [3.05, 3.63) is 113 Å². The highest BCUT2D eigenvalue weighted by Gasteiger charge is 2.24. The Hall–Kier alpha value is -5.43. The van der Waals surface area contributed by atoms with Crippen molar-refractivity contribution >= 4 is 33.5 Å². The fourth-order valence-electron chi connectivity index (χ4n) is 5.26. The third-order valence-electron chi connectivity index (χ3n) is 7.16. The minimum Gasteiger partial charge on any atom is -0.508 e. The Morgan fingerprint density at radius 3 is 2.17 bits per heavy atom. The van der Waals surface area contributed by atoms with Crippen molar-refractivity contribution in [2.45, 2.75) is 26.3 Å². The van der Waals surface area contributed by atoms with E-state index in [-0.39, 0.29) is 16.7 Å². The number of phenolic OH excluding ortho intramolecular Hbond substituents is 1. The normalized spacial score (nSPS) is 11.9. The van der Waals surface area contributed by atoms with Crippen LogP contribution < -0.4 is 10.7 Å². The van der Waals surface area contributed by atoms with Gasteiger partial charge < -0.3 is 14.8 Å². The van der Waals surface area contributed by atoms with Crippen molar-refractivity contribution in [1.29, 1.82) is 0 Å². The number of imidazole rings is 1. The molecule has 7 heteroatoms. The molecule has 3 aromatic heterocycles. The minimum absolute atomic E-state index is 0.0749. The van der Waals surface area contributed by atoms with Crippen molar-refractivity contribution < 1.29 is 9.52 Å². The SMILES string of the molecule is CC(C)(C)Nc1c(-c2ccc(-c3cc(=O)c4ccccc4o3)cc2)nc2c(-c3ccc(O)cc3)nc3ccccc3n12. The molecule has 0 amide bonds. The number of hydrogen-bond acceptors (Lipinski definition) is 6. The molecule has 42 heavy (non-hydrogen) atoms. The molecule has 0 spiro atoms. The quantitative estimate of drug-likeness (QED) is 0.231. The molecule has 0 unspecified atom stereocenters. The van der Waals surface area contributed by atoms with E-state index in [1.54, 1.807) is 24.3 Å². The number of phenols is 1. The van der Waals surface area contributed by atoms with Gasteiger partial charge in [-0.3, -0.25) is 9.20 Å².